The molecule has 0 radical (unpaired) electrons. The summed E-state index contributed by atoms with van der Waals surface area (Å²) >= 11 is 0. The minimum absolute atomic E-state index is 0.0324. The number of hydrogen-bond donors (Lipinski definition) is 0. The van der Waals surface area contributed by atoms with Crippen LogP contribution in [0.1, 0.15) is 120 Å². The van der Waals surface area contributed by atoms with Crippen molar-refractivity contribution in [1.29, 1.82) is 0 Å². The van der Waals surface area contributed by atoms with Crippen molar-refractivity contribution in [3.63, 3.8) is 0 Å². The van der Waals surface area contributed by atoms with Crippen molar-refractivity contribution >= 4 is 47.9 Å². The van der Waals surface area contributed by atoms with Crippen LogP contribution in [0.4, 0.5) is 5.69 Å². The molecule has 0 aliphatic carbocycles. The summed E-state index contributed by atoms with van der Waals surface area (Å²) in [6.07, 6.45) is 3.23. The summed E-state index contributed by atoms with van der Waals surface area (Å²) in [7, 11) is 1.70. The van der Waals surface area contributed by atoms with Crippen LogP contribution in [-0.2, 0) is 44.9 Å². The van der Waals surface area contributed by atoms with Gasteiger partial charge in [0, 0.05) is 60.0 Å². The van der Waals surface area contributed by atoms with E-state index in [1.165, 1.54) is 17.1 Å². The fraction of sp³-hybridized carbons (Fsp3) is 0.500. The largest absolute Gasteiger partial charge is 0.382 e. The normalized spacial score (nSPS) is 13.5. The predicted molar refractivity (Wildman–Crippen MR) is 231 cm³/mol. The third-order valence-corrected chi connectivity index (χ3v) is 7.43. The van der Waals surface area contributed by atoms with Gasteiger partial charge in [-0.05, 0) is 71.2 Å². The molecule has 1 saturated heterocycles. The van der Waals surface area contributed by atoms with Gasteiger partial charge in [-0.25, -0.2) is 4.79 Å². The smallest absolute Gasteiger partial charge is 0.335 e. The Bertz CT molecular complexity index is 1810. The highest BCUT2D eigenvalue weighted by Gasteiger charge is 2.33. The third kappa shape index (κ3) is 20.5. The van der Waals surface area contributed by atoms with Crippen molar-refractivity contribution in [1.82, 2.24) is 9.96 Å². The molecular weight excluding hydrogens is 751 g/mol. The molecule has 3 aliphatic heterocycles. The van der Waals surface area contributed by atoms with E-state index in [2.05, 4.69) is 54.1 Å². The fourth-order valence-electron chi connectivity index (χ4n) is 4.43. The Hall–Kier alpha value is -5.70. The van der Waals surface area contributed by atoms with E-state index in [1.54, 1.807) is 21.0 Å². The number of carbonyl (C=O) groups excluding carboxylic acids is 6. The summed E-state index contributed by atoms with van der Waals surface area (Å²) in [5.74, 6) is 5.12. The van der Waals surface area contributed by atoms with E-state index in [4.69, 9.17) is 4.74 Å². The first kappa shape index (κ1) is 53.3. The first-order valence-electron chi connectivity index (χ1n) is 19.9. The van der Waals surface area contributed by atoms with Crippen molar-refractivity contribution in [2.24, 2.45) is 22.9 Å². The summed E-state index contributed by atoms with van der Waals surface area (Å²) in [5.41, 5.74) is 3.89. The molecule has 2 aromatic carbocycles. The quantitative estimate of drug-likeness (QED) is 0.0948. The Morgan fingerprint density at radius 1 is 0.729 bits per heavy atom. The summed E-state index contributed by atoms with van der Waals surface area (Å²) < 4.78 is 4.75. The fourth-order valence-corrected chi connectivity index (χ4v) is 4.43. The number of anilines is 1. The van der Waals surface area contributed by atoms with E-state index in [0.717, 1.165) is 28.3 Å². The van der Waals surface area contributed by atoms with Gasteiger partial charge in [0.25, 0.3) is 30.3 Å². The lowest BCUT2D eigenvalue weighted by Gasteiger charge is -2.27. The van der Waals surface area contributed by atoms with E-state index in [1.807, 2.05) is 109 Å². The maximum absolute atomic E-state index is 12.6. The van der Waals surface area contributed by atoms with Crippen LogP contribution in [-0.4, -0.2) is 82.3 Å². The summed E-state index contributed by atoms with van der Waals surface area (Å²) in [6, 6.07) is 16.1. The van der Waals surface area contributed by atoms with E-state index in [9.17, 15) is 28.8 Å². The van der Waals surface area contributed by atoms with Crippen molar-refractivity contribution < 1.29 is 43.1 Å². The molecule has 59 heavy (non-hydrogen) atoms. The molecule has 0 bridgehead atoms. The zero-order chi connectivity index (χ0) is 45.4. The molecular formula is C46H66N5O8+. The molecule has 13 heteroatoms. The number of nitrogens with zero attached hydrogens (tertiary/aromatic N) is 5. The lowest BCUT2D eigenvalue weighted by Crippen LogP contribution is -2.36. The van der Waals surface area contributed by atoms with E-state index < -0.39 is 17.8 Å². The highest BCUT2D eigenvalue weighted by atomic mass is 16.7. The average Bonchev–Trinajstić information content (AvgIpc) is 3.67. The van der Waals surface area contributed by atoms with Gasteiger partial charge in [0.2, 0.25) is 5.91 Å². The predicted octanol–water partition coefficient (Wildman–Crippen LogP) is 7.62. The van der Waals surface area contributed by atoms with E-state index in [-0.39, 0.29) is 48.4 Å². The van der Waals surface area contributed by atoms with Crippen molar-refractivity contribution in [2.75, 3.05) is 12.0 Å². The standard InChI is InChI=1S/C19H17NO.C8H11NO4.C7H9NO2.C4H9N2.C4H10O.C4H10/c1-14(2)19(21)20-13-17-9-4-3-7-15(17)11-12-16-8-5-6-10-18(16)20;1-5(2)8(12)13-9-6(10)3-4-7(9)11;1-5(2)8-6(9)3-4-7(8)10;1-4(2)6-5-3;1-4(2)5-3;1-4(2)3/h3-10,14H,13H2,1-2H3;5H,3-4H2,1-2H3;3-5H,1-2H3;4H,3H2,1-2H3;4H,1-3H3;4H,1-3H3/q;;;+1;;. The first-order valence-corrected chi connectivity index (χ1v) is 19.9. The molecule has 1 fully saturated rings. The van der Waals surface area contributed by atoms with Crippen LogP contribution in [0, 0.1) is 29.6 Å². The monoisotopic (exact) mass is 816 g/mol. The molecule has 5 amide bonds. The number of carbonyl (C=O) groups is 6. The highest BCUT2D eigenvalue weighted by Crippen LogP contribution is 2.26. The topological polar surface area (TPSA) is 157 Å². The molecule has 3 heterocycles. The Morgan fingerprint density at radius 2 is 1.19 bits per heavy atom. The van der Waals surface area contributed by atoms with Crippen LogP contribution in [0.5, 0.6) is 0 Å². The van der Waals surface area contributed by atoms with Gasteiger partial charge in [-0.1, -0.05) is 90.6 Å². The SMILES string of the molecule is C=[N+]=NC(C)C.CC(C)C.CC(C)C(=O)N1Cc2ccccc2C#Cc2ccccc21.CC(C)C(=O)ON1C(=O)CCC1=O.CC(C)N1C(=O)C=CC1=O.COC(C)C. The van der Waals surface area contributed by atoms with Gasteiger partial charge in [0.1, 0.15) is 6.04 Å². The van der Waals surface area contributed by atoms with Gasteiger partial charge >= 0.3 is 5.97 Å². The number of ether oxygens (including phenoxy) is 1. The van der Waals surface area contributed by atoms with Gasteiger partial charge in [-0.3, -0.25) is 28.9 Å². The Morgan fingerprint density at radius 3 is 1.58 bits per heavy atom. The van der Waals surface area contributed by atoms with Crippen molar-refractivity contribution in [3.8, 4) is 11.8 Å². The Kier molecular flexibility index (Phi) is 25.2. The number of para-hydroxylation sites is 1. The van der Waals surface area contributed by atoms with Crippen LogP contribution in [0.2, 0.25) is 0 Å². The second-order valence-electron chi connectivity index (χ2n) is 15.5. The van der Waals surface area contributed by atoms with Crippen molar-refractivity contribution in [3.05, 3.63) is 77.4 Å². The van der Waals surface area contributed by atoms with Gasteiger partial charge < -0.3 is 14.5 Å². The maximum atomic E-state index is 12.6. The number of hydroxylamine groups is 2. The number of hydrogen-bond acceptors (Lipinski definition) is 9. The van der Waals surface area contributed by atoms with Gasteiger partial charge in [0.15, 0.2) is 0 Å². The number of rotatable bonds is 6. The van der Waals surface area contributed by atoms with Crippen LogP contribution >= 0.6 is 0 Å². The second-order valence-corrected chi connectivity index (χ2v) is 15.5. The molecule has 0 saturated carbocycles. The third-order valence-electron chi connectivity index (χ3n) is 7.43. The summed E-state index contributed by atoms with van der Waals surface area (Å²) in [5, 5.41) is 4.20. The minimum Gasteiger partial charge on any atom is -0.382 e. The van der Waals surface area contributed by atoms with Crippen LogP contribution < -0.4 is 4.90 Å². The first-order chi connectivity index (χ1) is 27.6. The molecule has 3 aliphatic rings. The number of fused-ring (bicyclic) bond motifs is 2. The molecule has 5 rings (SSSR count). The van der Waals surface area contributed by atoms with Crippen LogP contribution in [0.3, 0.4) is 0 Å². The number of amides is 5. The van der Waals surface area contributed by atoms with Crippen molar-refractivity contribution in [2.45, 2.75) is 128 Å². The lowest BCUT2D eigenvalue weighted by atomic mass is 10.0. The molecule has 13 nitrogen and oxygen atoms in total. The average molecular weight is 817 g/mol. The Balaban J connectivity index is 0.000000763. The molecule has 322 valence electrons. The lowest BCUT2D eigenvalue weighted by molar-refractivity contribution is -0.199. The minimum atomic E-state index is -0.566. The maximum Gasteiger partial charge on any atom is 0.335 e. The highest BCUT2D eigenvalue weighted by molar-refractivity contribution is 6.13. The number of benzene rings is 2. The zero-order valence-corrected chi connectivity index (χ0v) is 37.6. The van der Waals surface area contributed by atoms with Crippen LogP contribution in [0.25, 0.3) is 0 Å². The molecule has 0 aromatic heterocycles. The molecule has 0 spiro atoms. The van der Waals surface area contributed by atoms with Gasteiger partial charge in [0.05, 0.1) is 29.4 Å². The van der Waals surface area contributed by atoms with E-state index in [0.29, 0.717) is 23.8 Å². The van der Waals surface area contributed by atoms with Gasteiger partial charge in [-0.15, -0.1) is 5.06 Å². The second kappa shape index (κ2) is 27.9. The van der Waals surface area contributed by atoms with Crippen LogP contribution in [0.15, 0.2) is 65.8 Å². The Labute approximate surface area is 351 Å². The zero-order valence-electron chi connectivity index (χ0n) is 37.6. The van der Waals surface area contributed by atoms with Gasteiger partial charge in [-0.2, -0.15) is 0 Å². The van der Waals surface area contributed by atoms with E-state index >= 15 is 0 Å². The summed E-state index contributed by atoms with van der Waals surface area (Å²) in [6.45, 7) is 28.9. The summed E-state index contributed by atoms with van der Waals surface area (Å²) in [4.78, 5) is 78.2. The molecule has 0 unspecified atom stereocenters. The molecule has 0 N–H and O–H groups in total. The molecule has 2 aromatic rings. The molecule has 0 atom stereocenters. The number of methoxy groups -OCH3 is 1. The number of imide groups is 2.